The highest BCUT2D eigenvalue weighted by Gasteiger charge is 2.34. The van der Waals surface area contributed by atoms with Crippen LogP contribution in [-0.4, -0.2) is 37.1 Å². The van der Waals surface area contributed by atoms with Gasteiger partial charge in [-0.1, -0.05) is 38.0 Å². The first-order chi connectivity index (χ1) is 15.2. The van der Waals surface area contributed by atoms with Crippen molar-refractivity contribution in [3.05, 3.63) is 51.3 Å². The van der Waals surface area contributed by atoms with Gasteiger partial charge in [-0.3, -0.25) is 4.79 Å². The summed E-state index contributed by atoms with van der Waals surface area (Å²) in [6, 6.07) is 8.57. The Hall–Kier alpha value is -2.11. The first-order valence-electron chi connectivity index (χ1n) is 12.0. The van der Waals surface area contributed by atoms with Crippen LogP contribution < -0.4 is 10.3 Å². The monoisotopic (exact) mass is 423 g/mol. The first-order valence-corrected chi connectivity index (χ1v) is 12.0. The van der Waals surface area contributed by atoms with Crippen molar-refractivity contribution in [3.63, 3.8) is 0 Å². The molecule has 1 aliphatic carbocycles. The maximum Gasteiger partial charge on any atom is 0.254 e. The van der Waals surface area contributed by atoms with Crippen LogP contribution in [0.15, 0.2) is 29.1 Å². The molecule has 1 unspecified atom stereocenters. The molecule has 0 spiro atoms. The van der Waals surface area contributed by atoms with Gasteiger partial charge < -0.3 is 18.8 Å². The third kappa shape index (κ3) is 4.44. The first kappa shape index (κ1) is 20.8. The van der Waals surface area contributed by atoms with Crippen molar-refractivity contribution in [2.45, 2.75) is 70.4 Å². The lowest BCUT2D eigenvalue weighted by Gasteiger charge is -2.28. The lowest BCUT2D eigenvalue weighted by Crippen LogP contribution is -2.34. The Bertz CT molecular complexity index is 986. The van der Waals surface area contributed by atoms with E-state index in [1.165, 1.54) is 41.5 Å². The van der Waals surface area contributed by atoms with Crippen LogP contribution in [0.25, 0.3) is 11.3 Å². The predicted molar refractivity (Wildman–Crippen MR) is 121 cm³/mol. The van der Waals surface area contributed by atoms with Crippen molar-refractivity contribution in [2.24, 2.45) is 0 Å². The molecular formula is C26H33NO4. The van der Waals surface area contributed by atoms with Gasteiger partial charge >= 0.3 is 0 Å². The summed E-state index contributed by atoms with van der Waals surface area (Å²) < 4.78 is 19.4. The molecule has 1 atom stereocenters. The maximum atomic E-state index is 13.0. The minimum atomic E-state index is -0.0717. The molecule has 5 heteroatoms. The van der Waals surface area contributed by atoms with Gasteiger partial charge in [0.25, 0.3) is 5.56 Å². The number of aryl methyl sites for hydroxylation is 2. The molecule has 2 aromatic rings. The van der Waals surface area contributed by atoms with E-state index in [0.29, 0.717) is 32.3 Å². The van der Waals surface area contributed by atoms with E-state index < -0.39 is 0 Å². The highest BCUT2D eigenvalue weighted by Crippen LogP contribution is 2.49. The molecule has 1 aromatic carbocycles. The van der Waals surface area contributed by atoms with E-state index in [1.807, 2.05) is 4.57 Å². The van der Waals surface area contributed by atoms with Crippen molar-refractivity contribution >= 4 is 0 Å². The number of aromatic nitrogens is 1. The molecule has 0 radical (unpaired) electrons. The number of ether oxygens (including phenoxy) is 3. The molecule has 1 saturated heterocycles. The number of unbranched alkanes of at least 4 members (excludes halogenated alkanes) is 2. The summed E-state index contributed by atoms with van der Waals surface area (Å²) in [5, 5.41) is 0. The lowest BCUT2D eigenvalue weighted by atomic mass is 9.90. The average molecular weight is 424 g/mol. The smallest absolute Gasteiger partial charge is 0.254 e. The van der Waals surface area contributed by atoms with E-state index in [9.17, 15) is 4.79 Å². The molecule has 1 saturated carbocycles. The Morgan fingerprint density at radius 3 is 2.84 bits per heavy atom. The van der Waals surface area contributed by atoms with Gasteiger partial charge in [0.2, 0.25) is 0 Å². The number of rotatable bonds is 8. The van der Waals surface area contributed by atoms with Gasteiger partial charge in [-0.2, -0.15) is 0 Å². The molecule has 3 heterocycles. The molecule has 0 amide bonds. The second-order valence-corrected chi connectivity index (χ2v) is 9.11. The summed E-state index contributed by atoms with van der Waals surface area (Å²) in [6.45, 7) is 5.21. The molecule has 3 aliphatic rings. The molecule has 0 bridgehead atoms. The van der Waals surface area contributed by atoms with Crippen LogP contribution in [0.4, 0.5) is 0 Å². The molecule has 2 aliphatic heterocycles. The summed E-state index contributed by atoms with van der Waals surface area (Å²) in [5.41, 5.74) is 6.34. The fourth-order valence-corrected chi connectivity index (χ4v) is 4.91. The minimum absolute atomic E-state index is 0.0351. The van der Waals surface area contributed by atoms with Gasteiger partial charge in [0.05, 0.1) is 25.5 Å². The Kier molecular flexibility index (Phi) is 6.15. The number of pyridine rings is 1. The SMILES string of the molecule is CCCCCc1ccc2c(c1)CCn1c-2c(C2CC2)c(OCC2COCCO2)cc1=O. The predicted octanol–water partition coefficient (Wildman–Crippen LogP) is 4.48. The highest BCUT2D eigenvalue weighted by atomic mass is 16.6. The molecule has 166 valence electrons. The summed E-state index contributed by atoms with van der Waals surface area (Å²) in [7, 11) is 0. The van der Waals surface area contributed by atoms with E-state index in [-0.39, 0.29) is 11.7 Å². The molecule has 31 heavy (non-hydrogen) atoms. The van der Waals surface area contributed by atoms with Crippen LogP contribution in [0.5, 0.6) is 5.75 Å². The fraction of sp³-hybridized carbons (Fsp3) is 0.577. The normalized spacial score (nSPS) is 20.2. The van der Waals surface area contributed by atoms with Crippen molar-refractivity contribution in [1.29, 1.82) is 0 Å². The number of benzene rings is 1. The van der Waals surface area contributed by atoms with Gasteiger partial charge in [0.15, 0.2) is 0 Å². The fourth-order valence-electron chi connectivity index (χ4n) is 4.91. The molecule has 5 nitrogen and oxygen atoms in total. The molecule has 5 rings (SSSR count). The number of fused-ring (bicyclic) bond motifs is 3. The van der Waals surface area contributed by atoms with Crippen molar-refractivity contribution in [2.75, 3.05) is 26.4 Å². The van der Waals surface area contributed by atoms with Crippen molar-refractivity contribution in [1.82, 2.24) is 4.57 Å². The third-order valence-corrected chi connectivity index (χ3v) is 6.70. The summed E-state index contributed by atoms with van der Waals surface area (Å²) in [5.74, 6) is 1.23. The lowest BCUT2D eigenvalue weighted by molar-refractivity contribution is -0.101. The zero-order chi connectivity index (χ0) is 21.2. The minimum Gasteiger partial charge on any atom is -0.490 e. The molecular weight excluding hydrogens is 390 g/mol. The second kappa shape index (κ2) is 9.17. The quantitative estimate of drug-likeness (QED) is 0.588. The Morgan fingerprint density at radius 1 is 1.16 bits per heavy atom. The Morgan fingerprint density at radius 2 is 2.06 bits per heavy atom. The van der Waals surface area contributed by atoms with Gasteiger partial charge in [-0.25, -0.2) is 0 Å². The Balaban J connectivity index is 1.48. The van der Waals surface area contributed by atoms with Crippen LogP contribution >= 0.6 is 0 Å². The average Bonchev–Trinajstić information content (AvgIpc) is 3.63. The molecule has 1 aromatic heterocycles. The zero-order valence-corrected chi connectivity index (χ0v) is 18.5. The van der Waals surface area contributed by atoms with E-state index in [0.717, 1.165) is 43.7 Å². The van der Waals surface area contributed by atoms with Gasteiger partial charge in [-0.15, -0.1) is 0 Å². The summed E-state index contributed by atoms with van der Waals surface area (Å²) in [6.07, 6.45) is 8.06. The van der Waals surface area contributed by atoms with Crippen LogP contribution in [0.2, 0.25) is 0 Å². The standard InChI is InChI=1S/C26H33NO4/c1-2-3-4-5-18-6-9-22-20(14-18)10-11-27-24(28)15-23(25(26(22)27)19-7-8-19)31-17-21-16-29-12-13-30-21/h6,9,14-15,19,21H,2-5,7-8,10-13,16-17H2,1H3. The van der Waals surface area contributed by atoms with Gasteiger partial charge in [0.1, 0.15) is 18.5 Å². The van der Waals surface area contributed by atoms with E-state index in [4.69, 9.17) is 14.2 Å². The molecule has 0 N–H and O–H groups in total. The second-order valence-electron chi connectivity index (χ2n) is 9.11. The van der Waals surface area contributed by atoms with Crippen LogP contribution in [-0.2, 0) is 28.9 Å². The van der Waals surface area contributed by atoms with Crippen LogP contribution in [0.1, 0.15) is 61.6 Å². The topological polar surface area (TPSA) is 49.7 Å². The third-order valence-electron chi connectivity index (χ3n) is 6.70. The number of nitrogens with zero attached hydrogens (tertiary/aromatic N) is 1. The van der Waals surface area contributed by atoms with E-state index in [2.05, 4.69) is 25.1 Å². The summed E-state index contributed by atoms with van der Waals surface area (Å²) >= 11 is 0. The van der Waals surface area contributed by atoms with Crippen molar-refractivity contribution in [3.8, 4) is 17.0 Å². The van der Waals surface area contributed by atoms with Gasteiger partial charge in [-0.05, 0) is 49.1 Å². The van der Waals surface area contributed by atoms with Crippen LogP contribution in [0.3, 0.4) is 0 Å². The number of hydrogen-bond donors (Lipinski definition) is 0. The highest BCUT2D eigenvalue weighted by molar-refractivity contribution is 5.73. The van der Waals surface area contributed by atoms with E-state index in [1.54, 1.807) is 6.07 Å². The number of hydrogen-bond acceptors (Lipinski definition) is 4. The largest absolute Gasteiger partial charge is 0.490 e. The Labute approximate surface area is 184 Å². The van der Waals surface area contributed by atoms with Crippen molar-refractivity contribution < 1.29 is 14.2 Å². The molecule has 2 fully saturated rings. The van der Waals surface area contributed by atoms with Crippen LogP contribution in [0, 0.1) is 0 Å². The maximum absolute atomic E-state index is 13.0. The van der Waals surface area contributed by atoms with Gasteiger partial charge in [0, 0.05) is 23.7 Å². The van der Waals surface area contributed by atoms with E-state index >= 15 is 0 Å². The zero-order valence-electron chi connectivity index (χ0n) is 18.5. The summed E-state index contributed by atoms with van der Waals surface area (Å²) in [4.78, 5) is 13.0.